The maximum atomic E-state index is 12.8. The summed E-state index contributed by atoms with van der Waals surface area (Å²) >= 11 is 0. The molecule has 3 unspecified atom stereocenters. The number of carbonyl (C=O) groups is 1. The topological polar surface area (TPSA) is 131 Å². The first-order chi connectivity index (χ1) is 29.9. The fourth-order valence-corrected chi connectivity index (χ4v) is 6.98. The summed E-state index contributed by atoms with van der Waals surface area (Å²) in [6.45, 7) is 3.94. The van der Waals surface area contributed by atoms with Crippen molar-refractivity contribution in [3.8, 4) is 0 Å². The second kappa shape index (κ2) is 46.7. The van der Waals surface area contributed by atoms with E-state index in [9.17, 15) is 19.4 Å². The van der Waals surface area contributed by atoms with Crippen molar-refractivity contribution in [3.63, 3.8) is 0 Å². The van der Waals surface area contributed by atoms with Gasteiger partial charge in [0.1, 0.15) is 0 Å². The standard InChI is InChI=1S/C52H89N2O6P/c1-3-5-7-9-11-13-15-17-19-21-23-25-27-29-31-33-35-37-39-41-43-45-51(55)50(49-60-61(57,58)59-48-47-53)54-52(56)46-44-42-40-38-36-34-32-30-28-26-24-22-20-18-16-14-12-10-8-6-4-2/h6,8,12,14,18,20,24,26-27,29-30,32,35-38,43,45,50-51,55H,3-5,7,9-11,13,15-17,19,21-23,25,28,31,33-34,39-42,44,46-49,53H2,1-2H3,(H,54,56)(H,57,58)/b8-6-,14-12-,20-18-,26-24-,29-27+,32-30-,37-35+,38-36-,45-43+. The van der Waals surface area contributed by atoms with Crippen LogP contribution in [0.1, 0.15) is 181 Å². The molecule has 0 aromatic rings. The Bertz CT molecular complexity index is 1310. The molecule has 0 aliphatic heterocycles. The largest absolute Gasteiger partial charge is 0.472 e. The Morgan fingerprint density at radius 2 is 0.967 bits per heavy atom. The van der Waals surface area contributed by atoms with E-state index in [0.717, 1.165) is 77.0 Å². The number of unbranched alkanes of at least 4 members (excludes halogenated alkanes) is 15. The Kier molecular flexibility index (Phi) is 44.5. The average Bonchev–Trinajstić information content (AvgIpc) is 3.25. The summed E-state index contributed by atoms with van der Waals surface area (Å²) in [7, 11) is -4.38. The van der Waals surface area contributed by atoms with Crippen molar-refractivity contribution in [2.45, 2.75) is 193 Å². The van der Waals surface area contributed by atoms with Crippen LogP contribution in [0.25, 0.3) is 0 Å². The number of nitrogens with one attached hydrogen (secondary N) is 1. The van der Waals surface area contributed by atoms with Crippen molar-refractivity contribution in [3.05, 3.63) is 109 Å². The van der Waals surface area contributed by atoms with Crippen molar-refractivity contribution in [2.75, 3.05) is 19.8 Å². The van der Waals surface area contributed by atoms with Crippen LogP contribution in [-0.2, 0) is 18.4 Å². The highest BCUT2D eigenvalue weighted by atomic mass is 31.2. The number of hydrogen-bond donors (Lipinski definition) is 4. The summed E-state index contributed by atoms with van der Waals surface area (Å²) in [6, 6.07) is -0.915. The van der Waals surface area contributed by atoms with Gasteiger partial charge in [0.05, 0.1) is 25.4 Å². The van der Waals surface area contributed by atoms with Crippen molar-refractivity contribution in [1.82, 2.24) is 5.32 Å². The minimum Gasteiger partial charge on any atom is -0.387 e. The number of amides is 1. The first-order valence-corrected chi connectivity index (χ1v) is 25.5. The number of allylic oxidation sites excluding steroid dienone is 17. The predicted molar refractivity (Wildman–Crippen MR) is 262 cm³/mol. The molecule has 0 saturated heterocycles. The third-order valence-corrected chi connectivity index (χ3v) is 10.8. The smallest absolute Gasteiger partial charge is 0.387 e. The number of aliphatic hydroxyl groups is 1. The number of rotatable bonds is 43. The van der Waals surface area contributed by atoms with Gasteiger partial charge in [-0.1, -0.05) is 187 Å². The van der Waals surface area contributed by atoms with Gasteiger partial charge in [-0.25, -0.2) is 4.57 Å². The molecule has 0 aliphatic rings. The Balaban J connectivity index is 4.35. The molecule has 0 saturated carbocycles. The lowest BCUT2D eigenvalue weighted by molar-refractivity contribution is -0.123. The molecule has 0 fully saturated rings. The molecule has 5 N–H and O–H groups in total. The number of phosphoric acid groups is 1. The first-order valence-electron chi connectivity index (χ1n) is 24.0. The minimum atomic E-state index is -4.38. The van der Waals surface area contributed by atoms with Crippen LogP contribution in [0.4, 0.5) is 0 Å². The number of carbonyl (C=O) groups excluding carboxylic acids is 1. The molecular weight excluding hydrogens is 780 g/mol. The van der Waals surface area contributed by atoms with Crippen LogP contribution in [0.3, 0.4) is 0 Å². The highest BCUT2D eigenvalue weighted by molar-refractivity contribution is 7.47. The quantitative estimate of drug-likeness (QED) is 0.0273. The highest BCUT2D eigenvalue weighted by Gasteiger charge is 2.26. The average molecular weight is 869 g/mol. The Hall–Kier alpha value is -2.84. The predicted octanol–water partition coefficient (Wildman–Crippen LogP) is 14.1. The third kappa shape index (κ3) is 45.0. The zero-order valence-corrected chi connectivity index (χ0v) is 39.5. The highest BCUT2D eigenvalue weighted by Crippen LogP contribution is 2.43. The lowest BCUT2D eigenvalue weighted by atomic mass is 10.1. The van der Waals surface area contributed by atoms with E-state index in [4.69, 9.17) is 14.8 Å². The van der Waals surface area contributed by atoms with Crippen molar-refractivity contribution < 1.29 is 28.4 Å². The number of aliphatic hydroxyl groups excluding tert-OH is 1. The Morgan fingerprint density at radius 3 is 1.46 bits per heavy atom. The van der Waals surface area contributed by atoms with E-state index in [1.165, 1.54) is 77.0 Å². The van der Waals surface area contributed by atoms with Gasteiger partial charge < -0.3 is 21.1 Å². The minimum absolute atomic E-state index is 0.0582. The number of nitrogens with two attached hydrogens (primary N) is 1. The summed E-state index contributed by atoms with van der Waals surface area (Å²) in [4.78, 5) is 22.8. The molecule has 0 aromatic carbocycles. The van der Waals surface area contributed by atoms with E-state index >= 15 is 0 Å². The van der Waals surface area contributed by atoms with Crippen molar-refractivity contribution in [2.24, 2.45) is 5.73 Å². The molecular formula is C52H89N2O6P. The van der Waals surface area contributed by atoms with Crippen molar-refractivity contribution >= 4 is 13.7 Å². The van der Waals surface area contributed by atoms with E-state index in [0.29, 0.717) is 6.42 Å². The van der Waals surface area contributed by atoms with Crippen LogP contribution < -0.4 is 11.1 Å². The third-order valence-electron chi connectivity index (χ3n) is 9.81. The lowest BCUT2D eigenvalue weighted by Gasteiger charge is -2.23. The fourth-order valence-electron chi connectivity index (χ4n) is 6.22. The fraction of sp³-hybridized carbons (Fsp3) is 0.635. The maximum Gasteiger partial charge on any atom is 0.472 e. The second-order valence-electron chi connectivity index (χ2n) is 15.6. The van der Waals surface area contributed by atoms with Gasteiger partial charge >= 0.3 is 7.82 Å². The molecule has 0 spiro atoms. The summed E-state index contributed by atoms with van der Waals surface area (Å²) in [5.74, 6) is -0.254. The number of phosphoric ester groups is 1. The molecule has 0 aliphatic carbocycles. The van der Waals surface area contributed by atoms with Crippen molar-refractivity contribution in [1.29, 1.82) is 0 Å². The van der Waals surface area contributed by atoms with Crippen LogP contribution in [0.5, 0.6) is 0 Å². The van der Waals surface area contributed by atoms with Crippen LogP contribution in [-0.4, -0.2) is 47.8 Å². The zero-order valence-electron chi connectivity index (χ0n) is 38.6. The van der Waals surface area contributed by atoms with Crippen LogP contribution in [0.2, 0.25) is 0 Å². The molecule has 0 radical (unpaired) electrons. The van der Waals surface area contributed by atoms with E-state index in [1.807, 2.05) is 6.08 Å². The molecule has 8 nitrogen and oxygen atoms in total. The van der Waals surface area contributed by atoms with Crippen LogP contribution >= 0.6 is 7.82 Å². The van der Waals surface area contributed by atoms with Gasteiger partial charge in [0.15, 0.2) is 0 Å². The van der Waals surface area contributed by atoms with Crippen LogP contribution in [0, 0.1) is 0 Å². The van der Waals surface area contributed by atoms with E-state index in [-0.39, 0.29) is 32.1 Å². The first kappa shape index (κ1) is 58.2. The summed E-state index contributed by atoms with van der Waals surface area (Å²) in [5, 5.41) is 13.7. The summed E-state index contributed by atoms with van der Waals surface area (Å²) in [6.07, 6.45) is 65.8. The monoisotopic (exact) mass is 869 g/mol. The maximum absolute atomic E-state index is 12.8. The van der Waals surface area contributed by atoms with E-state index < -0.39 is 20.0 Å². The molecule has 0 rings (SSSR count). The summed E-state index contributed by atoms with van der Waals surface area (Å²) in [5.41, 5.74) is 5.38. The van der Waals surface area contributed by atoms with E-state index in [1.54, 1.807) is 6.08 Å². The molecule has 61 heavy (non-hydrogen) atoms. The molecule has 348 valence electrons. The normalized spacial score (nSPS) is 14.9. The molecule has 0 heterocycles. The van der Waals surface area contributed by atoms with Gasteiger partial charge in [-0.05, 0) is 96.3 Å². The van der Waals surface area contributed by atoms with Gasteiger partial charge in [-0.15, -0.1) is 0 Å². The van der Waals surface area contributed by atoms with Crippen LogP contribution in [0.15, 0.2) is 109 Å². The zero-order chi connectivity index (χ0) is 44.6. The second-order valence-corrected chi connectivity index (χ2v) is 17.0. The summed E-state index contributed by atoms with van der Waals surface area (Å²) < 4.78 is 22.1. The van der Waals surface area contributed by atoms with Gasteiger partial charge in [-0.2, -0.15) is 0 Å². The van der Waals surface area contributed by atoms with Gasteiger partial charge in [-0.3, -0.25) is 13.8 Å². The molecule has 9 heteroatoms. The lowest BCUT2D eigenvalue weighted by Crippen LogP contribution is -2.45. The SMILES string of the molecule is CC/C=C\C/C=C\C/C=C\C/C=C\C/C=C\C/C=C\CCCCC(=O)NC(COP(=O)(O)OCCN)C(O)/C=C/CC/C=C/CC/C=C/CCCCCCCCCCCCC. The molecule has 1 amide bonds. The molecule has 0 bridgehead atoms. The van der Waals surface area contributed by atoms with E-state index in [2.05, 4.69) is 116 Å². The molecule has 3 atom stereocenters. The van der Waals surface area contributed by atoms with Gasteiger partial charge in [0.25, 0.3) is 0 Å². The Morgan fingerprint density at radius 1 is 0.557 bits per heavy atom. The number of hydrogen-bond acceptors (Lipinski definition) is 6. The Labute approximate surface area is 374 Å². The molecule has 0 aromatic heterocycles. The van der Waals surface area contributed by atoms with Gasteiger partial charge in [0, 0.05) is 13.0 Å². The van der Waals surface area contributed by atoms with Gasteiger partial charge in [0.2, 0.25) is 5.91 Å².